The van der Waals surface area contributed by atoms with E-state index in [4.69, 9.17) is 0 Å². The maximum atomic E-state index is 2.18. The van der Waals surface area contributed by atoms with Crippen molar-refractivity contribution in [1.82, 2.24) is 0 Å². The second-order valence-corrected chi connectivity index (χ2v) is 5.08. The van der Waals surface area contributed by atoms with E-state index in [9.17, 15) is 0 Å². The molecule has 0 N–H and O–H groups in total. The van der Waals surface area contributed by atoms with Crippen LogP contribution in [0.3, 0.4) is 0 Å². The van der Waals surface area contributed by atoms with Crippen molar-refractivity contribution in [3.05, 3.63) is 120 Å². The standard InChI is InChI=1S/C22H18/c1-3-7-11-19(12-8-4-1)21-15-17-22(18-16-21)20-13-9-5-2-6-10-14-20/h1-18H/b3-1-,4-1?,5-2-,6-2?,7-3?,8-4-,9-5?,10-6-,11-7-,12-8?,13-9-,14-10?,19-11?,19-12+,20-13?,20-14+. The monoisotopic (exact) mass is 282 g/mol. The lowest BCUT2D eigenvalue weighted by molar-refractivity contribution is 1.56. The Balaban J connectivity index is 1.87. The van der Waals surface area contributed by atoms with Crippen molar-refractivity contribution in [2.45, 2.75) is 0 Å². The summed E-state index contributed by atoms with van der Waals surface area (Å²) in [7, 11) is 0. The highest BCUT2D eigenvalue weighted by atomic mass is 14.1. The second-order valence-electron chi connectivity index (χ2n) is 5.08. The van der Waals surface area contributed by atoms with Gasteiger partial charge in [0, 0.05) is 0 Å². The normalized spacial score (nSPS) is 30.0. The van der Waals surface area contributed by atoms with Gasteiger partial charge in [-0.25, -0.2) is 0 Å². The van der Waals surface area contributed by atoms with Gasteiger partial charge in [0.2, 0.25) is 0 Å². The molecule has 3 rings (SSSR count). The lowest BCUT2D eigenvalue weighted by atomic mass is 9.98. The van der Waals surface area contributed by atoms with Crippen molar-refractivity contribution >= 4 is 11.1 Å². The minimum atomic E-state index is 1.22. The van der Waals surface area contributed by atoms with Gasteiger partial charge in [0.15, 0.2) is 0 Å². The van der Waals surface area contributed by atoms with Gasteiger partial charge in [-0.2, -0.15) is 0 Å². The van der Waals surface area contributed by atoms with E-state index >= 15 is 0 Å². The maximum Gasteiger partial charge on any atom is -0.0184 e. The predicted molar refractivity (Wildman–Crippen MR) is 97.2 cm³/mol. The lowest BCUT2D eigenvalue weighted by Gasteiger charge is -2.07. The fourth-order valence-corrected chi connectivity index (χ4v) is 2.37. The largest absolute Gasteiger partial charge is 0.0623 e. The molecule has 22 heavy (non-hydrogen) atoms. The number of rotatable bonds is 2. The van der Waals surface area contributed by atoms with E-state index in [2.05, 4.69) is 72.9 Å². The predicted octanol–water partition coefficient (Wildman–Crippen LogP) is 5.82. The van der Waals surface area contributed by atoms with Gasteiger partial charge in [-0.1, -0.05) is 109 Å². The van der Waals surface area contributed by atoms with Crippen LogP contribution in [0.1, 0.15) is 11.1 Å². The molecule has 0 heterocycles. The van der Waals surface area contributed by atoms with Crippen molar-refractivity contribution in [2.24, 2.45) is 0 Å². The maximum absolute atomic E-state index is 2.18. The first-order valence-corrected chi connectivity index (χ1v) is 7.48. The molecule has 0 spiro atoms. The van der Waals surface area contributed by atoms with Gasteiger partial charge in [0.05, 0.1) is 0 Å². The molecule has 1 aromatic rings. The Hall–Kier alpha value is -2.86. The third-order valence-electron chi connectivity index (χ3n) is 3.54. The lowest BCUT2D eigenvalue weighted by Crippen LogP contribution is -1.85. The zero-order valence-electron chi connectivity index (χ0n) is 12.4. The average molecular weight is 282 g/mol. The molecule has 0 amide bonds. The molecule has 0 atom stereocenters. The summed E-state index contributed by atoms with van der Waals surface area (Å²) in [5.74, 6) is 0. The Morgan fingerprint density at radius 3 is 1.18 bits per heavy atom. The van der Waals surface area contributed by atoms with Crippen molar-refractivity contribution in [3.8, 4) is 0 Å². The summed E-state index contributed by atoms with van der Waals surface area (Å²) in [4.78, 5) is 0. The first-order chi connectivity index (χ1) is 10.9. The third kappa shape index (κ3) is 3.62. The van der Waals surface area contributed by atoms with Crippen LogP contribution in [0.5, 0.6) is 0 Å². The average Bonchev–Trinajstić information content (AvgIpc) is 2.47. The van der Waals surface area contributed by atoms with E-state index in [0.29, 0.717) is 0 Å². The summed E-state index contributed by atoms with van der Waals surface area (Å²) in [5, 5.41) is 0. The molecular formula is C22H18. The molecule has 0 unspecified atom stereocenters. The van der Waals surface area contributed by atoms with Crippen LogP contribution in [0.2, 0.25) is 0 Å². The minimum Gasteiger partial charge on any atom is -0.0623 e. The number of allylic oxidation sites excluding steroid dienone is 16. The van der Waals surface area contributed by atoms with Gasteiger partial charge in [-0.3, -0.25) is 0 Å². The van der Waals surface area contributed by atoms with Gasteiger partial charge < -0.3 is 0 Å². The van der Waals surface area contributed by atoms with Crippen molar-refractivity contribution in [1.29, 1.82) is 0 Å². The summed E-state index contributed by atoms with van der Waals surface area (Å²) >= 11 is 0. The SMILES string of the molecule is C1=C\C=C/C(c2ccc(C3=C/C=C\C=C/C=C\3)cc2)=C\C=C/1. The Morgan fingerprint density at radius 1 is 0.364 bits per heavy atom. The zero-order chi connectivity index (χ0) is 15.0. The van der Waals surface area contributed by atoms with Crippen molar-refractivity contribution < 1.29 is 0 Å². The van der Waals surface area contributed by atoms with Gasteiger partial charge in [-0.05, 0) is 22.3 Å². The first-order valence-electron chi connectivity index (χ1n) is 7.48. The van der Waals surface area contributed by atoms with Gasteiger partial charge in [-0.15, -0.1) is 0 Å². The fraction of sp³-hybridized carbons (Fsp3) is 0. The minimum absolute atomic E-state index is 1.22. The van der Waals surface area contributed by atoms with E-state index in [1.54, 1.807) is 0 Å². The summed E-state index contributed by atoms with van der Waals surface area (Å²) in [5.41, 5.74) is 4.89. The molecule has 0 fully saturated rings. The molecule has 0 saturated heterocycles. The van der Waals surface area contributed by atoms with Gasteiger partial charge >= 0.3 is 0 Å². The van der Waals surface area contributed by atoms with Crippen LogP contribution in [-0.4, -0.2) is 0 Å². The smallest absolute Gasteiger partial charge is 0.0184 e. The zero-order valence-corrected chi connectivity index (χ0v) is 12.4. The van der Waals surface area contributed by atoms with Crippen molar-refractivity contribution in [2.75, 3.05) is 0 Å². The second kappa shape index (κ2) is 7.24. The topological polar surface area (TPSA) is 0 Å². The number of hydrogen-bond acceptors (Lipinski definition) is 0. The Labute approximate surface area is 132 Å². The summed E-state index contributed by atoms with van der Waals surface area (Å²) in [6.07, 6.45) is 29.1. The molecule has 0 nitrogen and oxygen atoms in total. The van der Waals surface area contributed by atoms with Crippen LogP contribution in [-0.2, 0) is 0 Å². The molecule has 2 aliphatic rings. The van der Waals surface area contributed by atoms with Gasteiger partial charge in [0.25, 0.3) is 0 Å². The Bertz CT molecular complexity index is 688. The van der Waals surface area contributed by atoms with Crippen LogP contribution in [0.25, 0.3) is 11.1 Å². The first kappa shape index (κ1) is 14.1. The van der Waals surface area contributed by atoms with Crippen LogP contribution in [0.4, 0.5) is 0 Å². The highest BCUT2D eigenvalue weighted by Gasteiger charge is 2.01. The molecule has 106 valence electrons. The molecule has 0 aromatic heterocycles. The molecule has 0 aliphatic heterocycles. The quantitative estimate of drug-likeness (QED) is 0.641. The molecule has 2 aliphatic carbocycles. The number of hydrogen-bond donors (Lipinski definition) is 0. The Kier molecular flexibility index (Phi) is 4.63. The van der Waals surface area contributed by atoms with Crippen LogP contribution >= 0.6 is 0 Å². The summed E-state index contributed by atoms with van der Waals surface area (Å²) in [6.45, 7) is 0. The summed E-state index contributed by atoms with van der Waals surface area (Å²) in [6, 6.07) is 8.71. The molecular weight excluding hydrogens is 264 g/mol. The van der Waals surface area contributed by atoms with Gasteiger partial charge in [0.1, 0.15) is 0 Å². The van der Waals surface area contributed by atoms with Crippen molar-refractivity contribution in [3.63, 3.8) is 0 Å². The summed E-state index contributed by atoms with van der Waals surface area (Å²) < 4.78 is 0. The van der Waals surface area contributed by atoms with Crippen LogP contribution in [0, 0.1) is 0 Å². The van der Waals surface area contributed by atoms with E-state index in [0.717, 1.165) is 0 Å². The third-order valence-corrected chi connectivity index (χ3v) is 3.54. The molecule has 1 aromatic carbocycles. The van der Waals surface area contributed by atoms with E-state index in [1.165, 1.54) is 22.3 Å². The van der Waals surface area contributed by atoms with E-state index in [1.807, 2.05) is 36.5 Å². The van der Waals surface area contributed by atoms with Crippen LogP contribution in [0.15, 0.2) is 109 Å². The Morgan fingerprint density at radius 2 is 0.727 bits per heavy atom. The van der Waals surface area contributed by atoms with E-state index in [-0.39, 0.29) is 0 Å². The number of benzene rings is 1. The highest BCUT2D eigenvalue weighted by Crippen LogP contribution is 2.22. The van der Waals surface area contributed by atoms with Crippen LogP contribution < -0.4 is 0 Å². The molecule has 0 saturated carbocycles. The fourth-order valence-electron chi connectivity index (χ4n) is 2.37. The highest BCUT2D eigenvalue weighted by molar-refractivity contribution is 5.80. The molecule has 0 radical (unpaired) electrons. The molecule has 0 bridgehead atoms. The molecule has 0 heteroatoms. The van der Waals surface area contributed by atoms with E-state index < -0.39 is 0 Å².